The van der Waals surface area contributed by atoms with Crippen molar-refractivity contribution in [3.8, 4) is 16.5 Å². The van der Waals surface area contributed by atoms with E-state index in [9.17, 15) is 13.2 Å². The van der Waals surface area contributed by atoms with Gasteiger partial charge in [0.05, 0.1) is 5.69 Å². The lowest BCUT2D eigenvalue weighted by atomic mass is 10.1. The predicted octanol–water partition coefficient (Wildman–Crippen LogP) is 3.29. The zero-order chi connectivity index (χ0) is 12.6. The van der Waals surface area contributed by atoms with Crippen molar-refractivity contribution in [3.63, 3.8) is 0 Å². The first kappa shape index (κ1) is 11.5. The molecule has 2 aromatic rings. The van der Waals surface area contributed by atoms with E-state index in [4.69, 9.17) is 11.0 Å². The minimum Gasteiger partial charge on any atom is -0.397 e. The number of nitrogens with zero attached hydrogens (tertiary/aromatic N) is 1. The standard InChI is InChI=1S/C11H5F3N2S/c12-6-2-1-5(10(13)11(6)14)8-3-7(16)9(4-15)17-8/h1-3H,16H2. The van der Waals surface area contributed by atoms with Crippen LogP contribution in [0.4, 0.5) is 18.9 Å². The maximum absolute atomic E-state index is 13.5. The molecule has 1 aromatic heterocycles. The van der Waals surface area contributed by atoms with Crippen molar-refractivity contribution >= 4 is 17.0 Å². The van der Waals surface area contributed by atoms with E-state index in [1.165, 1.54) is 6.07 Å². The van der Waals surface area contributed by atoms with Crippen LogP contribution >= 0.6 is 11.3 Å². The predicted molar refractivity (Wildman–Crippen MR) is 58.8 cm³/mol. The Balaban J connectivity index is 2.62. The fraction of sp³-hybridized carbons (Fsp3) is 0. The van der Waals surface area contributed by atoms with Crippen LogP contribution in [0.25, 0.3) is 10.4 Å². The average Bonchev–Trinajstić information content (AvgIpc) is 2.67. The zero-order valence-corrected chi connectivity index (χ0v) is 9.12. The van der Waals surface area contributed by atoms with Gasteiger partial charge in [-0.1, -0.05) is 0 Å². The molecule has 0 atom stereocenters. The molecule has 17 heavy (non-hydrogen) atoms. The van der Waals surface area contributed by atoms with E-state index in [1.807, 2.05) is 6.07 Å². The van der Waals surface area contributed by atoms with Crippen molar-refractivity contribution in [2.75, 3.05) is 5.73 Å². The van der Waals surface area contributed by atoms with Crippen LogP contribution in [0.5, 0.6) is 0 Å². The van der Waals surface area contributed by atoms with Gasteiger partial charge in [0, 0.05) is 10.4 Å². The van der Waals surface area contributed by atoms with Crippen molar-refractivity contribution in [1.29, 1.82) is 5.26 Å². The van der Waals surface area contributed by atoms with Gasteiger partial charge in [0.25, 0.3) is 0 Å². The molecule has 0 fully saturated rings. The van der Waals surface area contributed by atoms with Crippen LogP contribution in [0, 0.1) is 28.8 Å². The van der Waals surface area contributed by atoms with E-state index >= 15 is 0 Å². The molecule has 2 nitrogen and oxygen atoms in total. The number of hydrogen-bond donors (Lipinski definition) is 1. The topological polar surface area (TPSA) is 49.8 Å². The van der Waals surface area contributed by atoms with Crippen molar-refractivity contribution in [2.45, 2.75) is 0 Å². The number of thiophene rings is 1. The Labute approximate surface area is 98.7 Å². The largest absolute Gasteiger partial charge is 0.397 e. The van der Waals surface area contributed by atoms with Crippen LogP contribution in [0.1, 0.15) is 4.88 Å². The van der Waals surface area contributed by atoms with Gasteiger partial charge in [-0.3, -0.25) is 0 Å². The second-order valence-corrected chi connectivity index (χ2v) is 4.28. The Morgan fingerprint density at radius 2 is 1.88 bits per heavy atom. The molecular weight excluding hydrogens is 249 g/mol. The zero-order valence-electron chi connectivity index (χ0n) is 8.30. The molecule has 0 aliphatic carbocycles. The van der Waals surface area contributed by atoms with Crippen LogP contribution in [0.3, 0.4) is 0 Å². The van der Waals surface area contributed by atoms with E-state index in [-0.39, 0.29) is 21.0 Å². The van der Waals surface area contributed by atoms with Crippen molar-refractivity contribution in [3.05, 3.63) is 40.5 Å². The first-order valence-corrected chi connectivity index (χ1v) is 5.29. The molecule has 0 spiro atoms. The van der Waals surface area contributed by atoms with Crippen LogP contribution in [-0.4, -0.2) is 0 Å². The third-order valence-electron chi connectivity index (χ3n) is 2.16. The summed E-state index contributed by atoms with van der Waals surface area (Å²) in [5.74, 6) is -4.07. The number of nitrogens with two attached hydrogens (primary N) is 1. The van der Waals surface area contributed by atoms with Gasteiger partial charge in [-0.2, -0.15) is 5.26 Å². The van der Waals surface area contributed by atoms with Gasteiger partial charge in [0.15, 0.2) is 17.5 Å². The molecule has 0 aliphatic rings. The van der Waals surface area contributed by atoms with Crippen LogP contribution in [-0.2, 0) is 0 Å². The molecule has 0 bridgehead atoms. The third-order valence-corrected chi connectivity index (χ3v) is 3.25. The average molecular weight is 254 g/mol. The minimum atomic E-state index is -1.53. The maximum Gasteiger partial charge on any atom is 0.195 e. The van der Waals surface area contributed by atoms with Gasteiger partial charge in [-0.15, -0.1) is 11.3 Å². The van der Waals surface area contributed by atoms with Gasteiger partial charge < -0.3 is 5.73 Å². The smallest absolute Gasteiger partial charge is 0.195 e. The molecule has 0 radical (unpaired) electrons. The molecule has 1 aromatic carbocycles. The van der Waals surface area contributed by atoms with E-state index in [1.54, 1.807) is 0 Å². The van der Waals surface area contributed by atoms with Crippen molar-refractivity contribution in [1.82, 2.24) is 0 Å². The summed E-state index contributed by atoms with van der Waals surface area (Å²) in [6, 6.07) is 5.13. The van der Waals surface area contributed by atoms with Gasteiger partial charge >= 0.3 is 0 Å². The highest BCUT2D eigenvalue weighted by Gasteiger charge is 2.17. The highest BCUT2D eigenvalue weighted by molar-refractivity contribution is 7.16. The molecule has 0 amide bonds. The highest BCUT2D eigenvalue weighted by Crippen LogP contribution is 2.35. The minimum absolute atomic E-state index is 0.109. The third kappa shape index (κ3) is 1.85. The van der Waals surface area contributed by atoms with Gasteiger partial charge in [0.1, 0.15) is 10.9 Å². The number of anilines is 1. The number of benzene rings is 1. The molecule has 1 heterocycles. The Morgan fingerprint density at radius 3 is 2.47 bits per heavy atom. The summed E-state index contributed by atoms with van der Waals surface area (Å²) in [6.07, 6.45) is 0. The van der Waals surface area contributed by atoms with E-state index < -0.39 is 17.5 Å². The summed E-state index contributed by atoms with van der Waals surface area (Å²) in [6.45, 7) is 0. The SMILES string of the molecule is N#Cc1sc(-c2ccc(F)c(F)c2F)cc1N. The Bertz CT molecular complexity index is 628. The lowest BCUT2D eigenvalue weighted by Gasteiger charge is -2.01. The van der Waals surface area contributed by atoms with E-state index in [2.05, 4.69) is 0 Å². The molecule has 0 aliphatic heterocycles. The number of nitriles is 1. The summed E-state index contributed by atoms with van der Waals surface area (Å²) in [7, 11) is 0. The van der Waals surface area contributed by atoms with Gasteiger partial charge in [-0.05, 0) is 18.2 Å². The maximum atomic E-state index is 13.5. The summed E-state index contributed by atoms with van der Waals surface area (Å²) < 4.78 is 39.2. The van der Waals surface area contributed by atoms with Gasteiger partial charge in [0.2, 0.25) is 0 Å². The summed E-state index contributed by atoms with van der Waals surface area (Å²) >= 11 is 0.926. The van der Waals surface area contributed by atoms with Gasteiger partial charge in [-0.25, -0.2) is 13.2 Å². The molecule has 0 saturated heterocycles. The fourth-order valence-corrected chi connectivity index (χ4v) is 2.24. The summed E-state index contributed by atoms with van der Waals surface area (Å²) in [4.78, 5) is 0.500. The molecular formula is C11H5F3N2S. The molecule has 6 heteroatoms. The van der Waals surface area contributed by atoms with E-state index in [0.717, 1.165) is 23.5 Å². The normalized spacial score (nSPS) is 10.2. The number of nitrogen functional groups attached to an aromatic ring is 1. The molecule has 2 N–H and O–H groups in total. The Hall–Kier alpha value is -2.00. The van der Waals surface area contributed by atoms with Crippen LogP contribution in [0.15, 0.2) is 18.2 Å². The summed E-state index contributed by atoms with van der Waals surface area (Å²) in [5.41, 5.74) is 5.59. The number of rotatable bonds is 1. The fourth-order valence-electron chi connectivity index (χ4n) is 1.34. The lowest BCUT2D eigenvalue weighted by Crippen LogP contribution is -1.92. The number of halogens is 3. The van der Waals surface area contributed by atoms with Crippen molar-refractivity contribution < 1.29 is 13.2 Å². The van der Waals surface area contributed by atoms with Crippen LogP contribution in [0.2, 0.25) is 0 Å². The molecule has 0 unspecified atom stereocenters. The van der Waals surface area contributed by atoms with E-state index in [0.29, 0.717) is 0 Å². The van der Waals surface area contributed by atoms with Crippen LogP contribution < -0.4 is 5.73 Å². The summed E-state index contributed by atoms with van der Waals surface area (Å²) in [5, 5.41) is 8.70. The Morgan fingerprint density at radius 1 is 1.18 bits per heavy atom. The highest BCUT2D eigenvalue weighted by atomic mass is 32.1. The monoisotopic (exact) mass is 254 g/mol. The second-order valence-electron chi connectivity index (χ2n) is 3.23. The quantitative estimate of drug-likeness (QED) is 0.794. The molecule has 2 rings (SSSR count). The van der Waals surface area contributed by atoms with Crippen molar-refractivity contribution in [2.24, 2.45) is 0 Å². The Kier molecular flexibility index (Phi) is 2.77. The first-order valence-electron chi connectivity index (χ1n) is 4.48. The number of hydrogen-bond acceptors (Lipinski definition) is 3. The molecule has 0 saturated carbocycles. The molecule has 86 valence electrons. The first-order chi connectivity index (χ1) is 8.04. The lowest BCUT2D eigenvalue weighted by molar-refractivity contribution is 0.449. The second kappa shape index (κ2) is 4.11.